The summed E-state index contributed by atoms with van der Waals surface area (Å²) in [6.45, 7) is 1.59. The minimum absolute atomic E-state index is 0.0635. The van der Waals surface area contributed by atoms with E-state index in [1.807, 2.05) is 0 Å². The fraction of sp³-hybridized carbons (Fsp3) is 0.231. The molecule has 2 N–H and O–H groups in total. The lowest BCUT2D eigenvalue weighted by molar-refractivity contribution is -0.139. The number of rotatable bonds is 2. The van der Waals surface area contributed by atoms with Crippen molar-refractivity contribution in [2.75, 3.05) is 7.11 Å². The molecule has 0 spiro atoms. The number of fused-ring (bicyclic) bond motifs is 1. The zero-order valence-corrected chi connectivity index (χ0v) is 10.4. The van der Waals surface area contributed by atoms with Crippen molar-refractivity contribution >= 4 is 16.9 Å². The summed E-state index contributed by atoms with van der Waals surface area (Å²) in [7, 11) is 1.22. The smallest absolute Gasteiger partial charge is 0.340 e. The van der Waals surface area contributed by atoms with Crippen LogP contribution >= 0.6 is 0 Å². The fourth-order valence-electron chi connectivity index (χ4n) is 1.93. The fourth-order valence-corrected chi connectivity index (χ4v) is 1.93. The summed E-state index contributed by atoms with van der Waals surface area (Å²) in [5.41, 5.74) is -0.0801. The minimum Gasteiger partial charge on any atom is -0.508 e. The van der Waals surface area contributed by atoms with Crippen molar-refractivity contribution in [1.82, 2.24) is 0 Å². The summed E-state index contributed by atoms with van der Waals surface area (Å²) < 4.78 is 9.50. The van der Waals surface area contributed by atoms with Crippen molar-refractivity contribution in [3.63, 3.8) is 0 Å². The average molecular weight is 264 g/mol. The predicted molar refractivity (Wildman–Crippen MR) is 66.3 cm³/mol. The van der Waals surface area contributed by atoms with Gasteiger partial charge in [-0.25, -0.2) is 4.79 Å². The molecule has 0 saturated carbocycles. The highest BCUT2D eigenvalue weighted by Crippen LogP contribution is 2.32. The number of esters is 1. The number of phenolic OH excluding ortho intramolecular Hbond substituents is 2. The molecule has 0 aliphatic carbocycles. The van der Waals surface area contributed by atoms with Gasteiger partial charge in [0, 0.05) is 12.1 Å². The molecule has 0 saturated heterocycles. The molecule has 2 rings (SSSR count). The Morgan fingerprint density at radius 2 is 2.05 bits per heavy atom. The first-order chi connectivity index (χ1) is 8.93. The van der Waals surface area contributed by atoms with Gasteiger partial charge in [0.25, 0.3) is 0 Å². The van der Waals surface area contributed by atoms with Crippen molar-refractivity contribution in [3.8, 4) is 11.5 Å². The first kappa shape index (κ1) is 12.9. The maximum absolute atomic E-state index is 11.8. The van der Waals surface area contributed by atoms with Crippen LogP contribution in [0, 0.1) is 6.92 Å². The molecule has 6 nitrogen and oxygen atoms in total. The molecule has 19 heavy (non-hydrogen) atoms. The number of phenols is 2. The minimum atomic E-state index is -0.694. The molecule has 1 aromatic carbocycles. The maximum Gasteiger partial charge on any atom is 0.340 e. The number of hydrogen-bond donors (Lipinski definition) is 2. The van der Waals surface area contributed by atoms with Gasteiger partial charge in [0.1, 0.15) is 17.1 Å². The summed E-state index contributed by atoms with van der Waals surface area (Å²) in [6, 6.07) is 2.36. The van der Waals surface area contributed by atoms with Crippen LogP contribution in [-0.4, -0.2) is 23.3 Å². The Labute approximate surface area is 107 Å². The van der Waals surface area contributed by atoms with Gasteiger partial charge in [-0.1, -0.05) is 0 Å². The van der Waals surface area contributed by atoms with Crippen LogP contribution in [0.15, 0.2) is 21.3 Å². The molecule has 2 aromatic rings. The maximum atomic E-state index is 11.8. The Balaban J connectivity index is 2.74. The van der Waals surface area contributed by atoms with Crippen molar-refractivity contribution in [3.05, 3.63) is 33.7 Å². The number of benzene rings is 1. The van der Waals surface area contributed by atoms with Gasteiger partial charge in [0.2, 0.25) is 0 Å². The van der Waals surface area contributed by atoms with E-state index < -0.39 is 11.6 Å². The van der Waals surface area contributed by atoms with Crippen molar-refractivity contribution in [1.29, 1.82) is 0 Å². The Bertz CT molecular complexity index is 713. The molecular formula is C13H12O6. The number of methoxy groups -OCH3 is 1. The van der Waals surface area contributed by atoms with Gasteiger partial charge in [-0.15, -0.1) is 0 Å². The molecular weight excluding hydrogens is 252 g/mol. The second-order valence-corrected chi connectivity index (χ2v) is 4.08. The lowest BCUT2D eigenvalue weighted by atomic mass is 10.0. The highest BCUT2D eigenvalue weighted by atomic mass is 16.5. The summed E-state index contributed by atoms with van der Waals surface area (Å²) in [5.74, 6) is -1.01. The van der Waals surface area contributed by atoms with Crippen LogP contribution in [0.25, 0.3) is 11.0 Å². The second kappa shape index (κ2) is 4.64. The first-order valence-electron chi connectivity index (χ1n) is 5.49. The summed E-state index contributed by atoms with van der Waals surface area (Å²) in [5, 5.41) is 19.4. The van der Waals surface area contributed by atoms with Gasteiger partial charge in [-0.05, 0) is 12.5 Å². The van der Waals surface area contributed by atoms with E-state index in [2.05, 4.69) is 4.74 Å². The van der Waals surface area contributed by atoms with E-state index in [1.165, 1.54) is 13.2 Å². The van der Waals surface area contributed by atoms with Crippen LogP contribution in [0.1, 0.15) is 11.1 Å². The van der Waals surface area contributed by atoms with Crippen molar-refractivity contribution in [2.45, 2.75) is 13.3 Å². The molecule has 0 amide bonds. The van der Waals surface area contributed by atoms with E-state index in [9.17, 15) is 19.8 Å². The molecule has 0 bridgehead atoms. The third-order valence-electron chi connectivity index (χ3n) is 2.89. The monoisotopic (exact) mass is 264 g/mol. The third kappa shape index (κ3) is 2.24. The van der Waals surface area contributed by atoms with E-state index in [1.54, 1.807) is 6.92 Å². The molecule has 0 radical (unpaired) electrons. The summed E-state index contributed by atoms with van der Waals surface area (Å²) >= 11 is 0. The van der Waals surface area contributed by atoms with Crippen LogP contribution < -0.4 is 5.63 Å². The number of carbonyl (C=O) groups is 1. The Morgan fingerprint density at radius 1 is 1.37 bits per heavy atom. The number of aryl methyl sites for hydroxylation is 1. The SMILES string of the molecule is COC(=O)Cc1c(C)c2c(O)cc(O)cc2oc1=O. The molecule has 0 unspecified atom stereocenters. The number of hydrogen-bond acceptors (Lipinski definition) is 6. The molecule has 0 fully saturated rings. The van der Waals surface area contributed by atoms with Gasteiger partial charge in [0.05, 0.1) is 24.5 Å². The van der Waals surface area contributed by atoms with E-state index in [4.69, 9.17) is 4.42 Å². The topological polar surface area (TPSA) is 97.0 Å². The van der Waals surface area contributed by atoms with Crippen molar-refractivity contribution in [2.24, 2.45) is 0 Å². The molecule has 0 aliphatic heterocycles. The van der Waals surface area contributed by atoms with E-state index >= 15 is 0 Å². The van der Waals surface area contributed by atoms with Gasteiger partial charge in [0.15, 0.2) is 0 Å². The highest BCUT2D eigenvalue weighted by molar-refractivity contribution is 5.89. The average Bonchev–Trinajstić information content (AvgIpc) is 2.32. The lowest BCUT2D eigenvalue weighted by Crippen LogP contribution is -2.16. The van der Waals surface area contributed by atoms with Crippen LogP contribution in [0.5, 0.6) is 11.5 Å². The Morgan fingerprint density at radius 3 is 2.68 bits per heavy atom. The molecule has 100 valence electrons. The number of ether oxygens (including phenoxy) is 1. The Kier molecular flexibility index (Phi) is 3.16. The molecule has 1 aromatic heterocycles. The third-order valence-corrected chi connectivity index (χ3v) is 2.89. The van der Waals surface area contributed by atoms with Crippen molar-refractivity contribution < 1.29 is 24.2 Å². The van der Waals surface area contributed by atoms with Gasteiger partial charge in [-0.3, -0.25) is 4.79 Å². The predicted octanol–water partition coefficient (Wildman–Crippen LogP) is 1.23. The van der Waals surface area contributed by atoms with E-state index in [0.717, 1.165) is 6.07 Å². The van der Waals surface area contributed by atoms with Crippen LogP contribution in [0.2, 0.25) is 0 Å². The van der Waals surface area contributed by atoms with Gasteiger partial charge >= 0.3 is 11.6 Å². The first-order valence-corrected chi connectivity index (χ1v) is 5.49. The second-order valence-electron chi connectivity index (χ2n) is 4.08. The largest absolute Gasteiger partial charge is 0.508 e. The lowest BCUT2D eigenvalue weighted by Gasteiger charge is -2.08. The summed E-state index contributed by atoms with van der Waals surface area (Å²) in [6.07, 6.45) is -0.235. The quantitative estimate of drug-likeness (QED) is 0.625. The van der Waals surface area contributed by atoms with Crippen LogP contribution in [0.3, 0.4) is 0 Å². The van der Waals surface area contributed by atoms with E-state index in [0.29, 0.717) is 5.56 Å². The zero-order valence-electron chi connectivity index (χ0n) is 10.4. The summed E-state index contributed by atoms with van der Waals surface area (Å²) in [4.78, 5) is 23.0. The van der Waals surface area contributed by atoms with Gasteiger partial charge in [-0.2, -0.15) is 0 Å². The molecule has 0 aliphatic rings. The highest BCUT2D eigenvalue weighted by Gasteiger charge is 2.17. The standard InChI is InChI=1S/C13H12O6/c1-6-8(5-11(16)18-2)13(17)19-10-4-7(14)3-9(15)12(6)10/h3-4,14-15H,5H2,1-2H3. The normalized spacial score (nSPS) is 10.6. The van der Waals surface area contributed by atoms with Crippen LogP contribution in [0.4, 0.5) is 0 Å². The zero-order chi connectivity index (χ0) is 14.2. The van der Waals surface area contributed by atoms with Crippen LogP contribution in [-0.2, 0) is 16.0 Å². The van der Waals surface area contributed by atoms with Gasteiger partial charge < -0.3 is 19.4 Å². The Hall–Kier alpha value is -2.50. The number of aromatic hydroxyl groups is 2. The number of carbonyl (C=O) groups excluding carboxylic acids is 1. The van der Waals surface area contributed by atoms with E-state index in [-0.39, 0.29) is 34.5 Å². The molecule has 0 atom stereocenters. The molecule has 1 heterocycles. The molecule has 6 heteroatoms.